The monoisotopic (exact) mass is 274 g/mol. The molecule has 1 aliphatic heterocycles. The van der Waals surface area contributed by atoms with Gasteiger partial charge in [-0.1, -0.05) is 19.1 Å². The summed E-state index contributed by atoms with van der Waals surface area (Å²) < 4.78 is 5.47. The Morgan fingerprint density at radius 2 is 1.95 bits per heavy atom. The van der Waals surface area contributed by atoms with Crippen molar-refractivity contribution in [1.29, 1.82) is 0 Å². The van der Waals surface area contributed by atoms with Crippen molar-refractivity contribution in [2.24, 2.45) is 0 Å². The number of nitrogens with one attached hydrogen (secondary N) is 1. The van der Waals surface area contributed by atoms with Gasteiger partial charge in [-0.05, 0) is 43.9 Å². The Kier molecular flexibility index (Phi) is 3.66. The van der Waals surface area contributed by atoms with E-state index in [2.05, 4.69) is 24.4 Å². The average molecular weight is 274 g/mol. The molecule has 2 atom stereocenters. The zero-order valence-corrected chi connectivity index (χ0v) is 12.1. The molecule has 1 saturated carbocycles. The summed E-state index contributed by atoms with van der Waals surface area (Å²) in [7, 11) is 0. The first kappa shape index (κ1) is 13.4. The summed E-state index contributed by atoms with van der Waals surface area (Å²) in [5.74, 6) is 1.14. The molecule has 1 heterocycles. The second-order valence-electron chi connectivity index (χ2n) is 5.51. The van der Waals surface area contributed by atoms with Gasteiger partial charge in [-0.3, -0.25) is 10.1 Å². The molecule has 2 fully saturated rings. The number of nitrogens with zero attached hydrogens (tertiary/aromatic N) is 1. The SMILES string of the molecule is CCOc1ccc(C2NC(CC)C(=O)N2C2CC2)cc1. The summed E-state index contributed by atoms with van der Waals surface area (Å²) in [6.07, 6.45) is 3.14. The molecule has 4 heteroatoms. The number of hydrogen-bond acceptors (Lipinski definition) is 3. The molecule has 1 saturated heterocycles. The van der Waals surface area contributed by atoms with Gasteiger partial charge in [0.25, 0.3) is 0 Å². The van der Waals surface area contributed by atoms with Crippen LogP contribution in [0, 0.1) is 0 Å². The van der Waals surface area contributed by atoms with Crippen LogP contribution in [0.2, 0.25) is 0 Å². The summed E-state index contributed by atoms with van der Waals surface area (Å²) >= 11 is 0. The lowest BCUT2D eigenvalue weighted by molar-refractivity contribution is -0.130. The normalized spacial score (nSPS) is 26.1. The summed E-state index contributed by atoms with van der Waals surface area (Å²) in [5.41, 5.74) is 1.14. The van der Waals surface area contributed by atoms with Gasteiger partial charge >= 0.3 is 0 Å². The number of amides is 1. The van der Waals surface area contributed by atoms with E-state index in [9.17, 15) is 4.79 Å². The van der Waals surface area contributed by atoms with E-state index in [0.717, 1.165) is 30.6 Å². The van der Waals surface area contributed by atoms with E-state index in [1.807, 2.05) is 24.0 Å². The molecule has 2 aliphatic rings. The number of carbonyl (C=O) groups excluding carboxylic acids is 1. The molecule has 20 heavy (non-hydrogen) atoms. The lowest BCUT2D eigenvalue weighted by atomic mass is 10.1. The Labute approximate surface area is 120 Å². The Morgan fingerprint density at radius 1 is 1.25 bits per heavy atom. The predicted octanol–water partition coefficient (Wildman–Crippen LogP) is 2.46. The van der Waals surface area contributed by atoms with Crippen molar-refractivity contribution in [2.45, 2.75) is 51.4 Å². The van der Waals surface area contributed by atoms with Crippen LogP contribution in [0.5, 0.6) is 5.75 Å². The third kappa shape index (κ3) is 2.40. The third-order valence-corrected chi connectivity index (χ3v) is 4.05. The first-order valence-corrected chi connectivity index (χ1v) is 7.55. The van der Waals surface area contributed by atoms with Crippen molar-refractivity contribution in [2.75, 3.05) is 6.61 Å². The Morgan fingerprint density at radius 3 is 2.50 bits per heavy atom. The van der Waals surface area contributed by atoms with Gasteiger partial charge in [0.2, 0.25) is 5.91 Å². The zero-order chi connectivity index (χ0) is 14.1. The van der Waals surface area contributed by atoms with Crippen LogP contribution in [0.4, 0.5) is 0 Å². The van der Waals surface area contributed by atoms with Gasteiger partial charge in [-0.2, -0.15) is 0 Å². The largest absolute Gasteiger partial charge is 0.494 e. The standard InChI is InChI=1S/C16H22N2O2/c1-3-14-16(19)18(12-7-8-12)15(17-14)11-5-9-13(10-6-11)20-4-2/h5-6,9-10,12,14-15,17H,3-4,7-8H2,1-2H3. The molecule has 108 valence electrons. The van der Waals surface area contributed by atoms with Crippen LogP contribution in [0.1, 0.15) is 44.8 Å². The Bertz CT molecular complexity index is 482. The summed E-state index contributed by atoms with van der Waals surface area (Å²) in [6.45, 7) is 4.71. The highest BCUT2D eigenvalue weighted by atomic mass is 16.5. The minimum atomic E-state index is -0.0350. The molecule has 2 unspecified atom stereocenters. The summed E-state index contributed by atoms with van der Waals surface area (Å²) in [6, 6.07) is 8.48. The number of benzene rings is 1. The highest BCUT2D eigenvalue weighted by molar-refractivity contribution is 5.85. The van der Waals surface area contributed by atoms with Crippen LogP contribution in [-0.4, -0.2) is 29.5 Å². The van der Waals surface area contributed by atoms with Crippen LogP contribution in [0.25, 0.3) is 0 Å². The fraction of sp³-hybridized carbons (Fsp3) is 0.562. The molecule has 0 aromatic heterocycles. The molecule has 3 rings (SSSR count). The molecule has 0 bridgehead atoms. The van der Waals surface area contributed by atoms with Crippen molar-refractivity contribution in [3.63, 3.8) is 0 Å². The van der Waals surface area contributed by atoms with Crippen molar-refractivity contribution >= 4 is 5.91 Å². The van der Waals surface area contributed by atoms with E-state index in [1.165, 1.54) is 0 Å². The number of rotatable bonds is 5. The number of carbonyl (C=O) groups is 1. The average Bonchev–Trinajstić information content (AvgIpc) is 3.24. The molecule has 0 radical (unpaired) electrons. The van der Waals surface area contributed by atoms with Gasteiger partial charge < -0.3 is 9.64 Å². The highest BCUT2D eigenvalue weighted by Crippen LogP contribution is 2.38. The van der Waals surface area contributed by atoms with Gasteiger partial charge in [-0.15, -0.1) is 0 Å². The number of hydrogen-bond donors (Lipinski definition) is 1. The zero-order valence-electron chi connectivity index (χ0n) is 12.1. The van der Waals surface area contributed by atoms with Crippen LogP contribution in [0.15, 0.2) is 24.3 Å². The smallest absolute Gasteiger partial charge is 0.241 e. The lowest BCUT2D eigenvalue weighted by Crippen LogP contribution is -2.32. The lowest BCUT2D eigenvalue weighted by Gasteiger charge is -2.24. The van der Waals surface area contributed by atoms with E-state index < -0.39 is 0 Å². The van der Waals surface area contributed by atoms with E-state index >= 15 is 0 Å². The van der Waals surface area contributed by atoms with Crippen LogP contribution >= 0.6 is 0 Å². The molecular weight excluding hydrogens is 252 g/mol. The molecule has 0 spiro atoms. The predicted molar refractivity (Wildman–Crippen MR) is 77.4 cm³/mol. The minimum Gasteiger partial charge on any atom is -0.494 e. The van der Waals surface area contributed by atoms with E-state index in [1.54, 1.807) is 0 Å². The van der Waals surface area contributed by atoms with Gasteiger partial charge in [0.15, 0.2) is 0 Å². The molecule has 1 aromatic carbocycles. The number of ether oxygens (including phenoxy) is 1. The second kappa shape index (κ2) is 5.44. The van der Waals surface area contributed by atoms with E-state index in [0.29, 0.717) is 12.6 Å². The second-order valence-corrected chi connectivity index (χ2v) is 5.51. The van der Waals surface area contributed by atoms with E-state index in [-0.39, 0.29) is 18.1 Å². The van der Waals surface area contributed by atoms with Crippen molar-refractivity contribution in [3.05, 3.63) is 29.8 Å². The molecule has 1 N–H and O–H groups in total. The first-order chi connectivity index (χ1) is 9.74. The first-order valence-electron chi connectivity index (χ1n) is 7.55. The van der Waals surface area contributed by atoms with Gasteiger partial charge in [0.1, 0.15) is 11.9 Å². The molecule has 1 amide bonds. The van der Waals surface area contributed by atoms with Crippen molar-refractivity contribution in [1.82, 2.24) is 10.2 Å². The van der Waals surface area contributed by atoms with Gasteiger partial charge in [-0.25, -0.2) is 0 Å². The van der Waals surface area contributed by atoms with Crippen molar-refractivity contribution < 1.29 is 9.53 Å². The maximum absolute atomic E-state index is 12.4. The van der Waals surface area contributed by atoms with Crippen LogP contribution in [-0.2, 0) is 4.79 Å². The summed E-state index contributed by atoms with van der Waals surface area (Å²) in [4.78, 5) is 14.5. The van der Waals surface area contributed by atoms with Crippen LogP contribution in [0.3, 0.4) is 0 Å². The van der Waals surface area contributed by atoms with Crippen molar-refractivity contribution in [3.8, 4) is 5.75 Å². The quantitative estimate of drug-likeness (QED) is 0.896. The third-order valence-electron chi connectivity index (χ3n) is 4.05. The topological polar surface area (TPSA) is 41.6 Å². The highest BCUT2D eigenvalue weighted by Gasteiger charge is 2.45. The van der Waals surface area contributed by atoms with Gasteiger partial charge in [0, 0.05) is 6.04 Å². The van der Waals surface area contributed by atoms with Gasteiger partial charge in [0.05, 0.1) is 12.6 Å². The van der Waals surface area contributed by atoms with Crippen LogP contribution < -0.4 is 10.1 Å². The molecule has 1 aromatic rings. The molecular formula is C16H22N2O2. The maximum Gasteiger partial charge on any atom is 0.241 e. The fourth-order valence-electron chi connectivity index (χ4n) is 2.86. The Hall–Kier alpha value is -1.55. The molecule has 1 aliphatic carbocycles. The minimum absolute atomic E-state index is 0.0237. The van der Waals surface area contributed by atoms with E-state index in [4.69, 9.17) is 4.74 Å². The Balaban J connectivity index is 1.82. The molecule has 4 nitrogen and oxygen atoms in total. The maximum atomic E-state index is 12.4. The fourth-order valence-corrected chi connectivity index (χ4v) is 2.86. The summed E-state index contributed by atoms with van der Waals surface area (Å²) in [5, 5.41) is 3.47.